The van der Waals surface area contributed by atoms with Crippen LogP contribution in [0.25, 0.3) is 10.2 Å². The summed E-state index contributed by atoms with van der Waals surface area (Å²) in [6.45, 7) is 3.79. The molecule has 0 aliphatic rings. The van der Waals surface area contributed by atoms with Gasteiger partial charge in [0, 0.05) is 5.56 Å². The van der Waals surface area contributed by atoms with E-state index in [2.05, 4.69) is 4.98 Å². The fourth-order valence-electron chi connectivity index (χ4n) is 1.36. The van der Waals surface area contributed by atoms with Crippen LogP contribution in [0, 0.1) is 13.8 Å². The molecule has 1 aromatic heterocycles. The Hall–Kier alpha value is -1.42. The van der Waals surface area contributed by atoms with Gasteiger partial charge in [0.05, 0.1) is 16.5 Å². The van der Waals surface area contributed by atoms with Crippen LogP contribution in [0.2, 0.25) is 0 Å². The lowest BCUT2D eigenvalue weighted by atomic mass is 10.1. The molecule has 9 heteroatoms. The van der Waals surface area contributed by atoms with Gasteiger partial charge >= 0.3 is 0 Å². The SMILES string of the molecule is CS(=O)(=O)O.Cc1cc(O)c(C)c2sc(N)nc12.O. The van der Waals surface area contributed by atoms with Gasteiger partial charge in [-0.1, -0.05) is 11.3 Å². The van der Waals surface area contributed by atoms with Crippen LogP contribution in [-0.2, 0) is 10.1 Å². The molecular formula is C10H16N2O5S2. The second-order valence-electron chi connectivity index (χ2n) is 3.80. The van der Waals surface area contributed by atoms with Crippen LogP contribution in [0.15, 0.2) is 6.07 Å². The van der Waals surface area contributed by atoms with Gasteiger partial charge in [0.2, 0.25) is 0 Å². The van der Waals surface area contributed by atoms with Gasteiger partial charge in [0.1, 0.15) is 5.75 Å². The van der Waals surface area contributed by atoms with Crippen molar-refractivity contribution < 1.29 is 23.6 Å². The maximum absolute atomic E-state index is 9.55. The Morgan fingerprint density at radius 2 is 1.84 bits per heavy atom. The third-order valence-electron chi connectivity index (χ3n) is 2.10. The summed E-state index contributed by atoms with van der Waals surface area (Å²) in [6, 6.07) is 1.72. The first-order chi connectivity index (χ1) is 8.09. The second-order valence-corrected chi connectivity index (χ2v) is 6.30. The first-order valence-electron chi connectivity index (χ1n) is 4.87. The molecule has 0 spiro atoms. The Balaban J connectivity index is 0.000000471. The Labute approximate surface area is 114 Å². The molecule has 0 bridgehead atoms. The molecule has 0 amide bonds. The van der Waals surface area contributed by atoms with Gasteiger partial charge < -0.3 is 16.3 Å². The lowest BCUT2D eigenvalue weighted by molar-refractivity contribution is 0.472. The molecule has 2 rings (SSSR count). The molecule has 7 nitrogen and oxygen atoms in total. The summed E-state index contributed by atoms with van der Waals surface area (Å²) in [4.78, 5) is 4.20. The van der Waals surface area contributed by atoms with E-state index < -0.39 is 10.1 Å². The van der Waals surface area contributed by atoms with E-state index in [0.29, 0.717) is 17.1 Å². The highest BCUT2D eigenvalue weighted by Gasteiger charge is 2.10. The number of thiazole rings is 1. The van der Waals surface area contributed by atoms with E-state index >= 15 is 0 Å². The standard InChI is InChI=1S/C9H10N2OS.CH4O3S.H2O/c1-4-3-6(12)5(2)8-7(4)11-9(10)13-8;1-5(2,3)4;/h3,12H,1-2H3,(H2,10,11);1H3,(H,2,3,4);1H2. The van der Waals surface area contributed by atoms with Gasteiger partial charge in [-0.15, -0.1) is 0 Å². The number of hydrogen-bond donors (Lipinski definition) is 3. The van der Waals surface area contributed by atoms with Gasteiger partial charge in [0.25, 0.3) is 10.1 Å². The van der Waals surface area contributed by atoms with Crippen molar-refractivity contribution >= 4 is 36.8 Å². The molecule has 0 unspecified atom stereocenters. The molecule has 1 aromatic carbocycles. The second kappa shape index (κ2) is 6.15. The summed E-state index contributed by atoms with van der Waals surface area (Å²) < 4.78 is 26.8. The van der Waals surface area contributed by atoms with Crippen LogP contribution >= 0.6 is 11.3 Å². The zero-order chi connectivity index (χ0) is 14.1. The number of aromatic nitrogens is 1. The molecular weight excluding hydrogens is 292 g/mol. The van der Waals surface area contributed by atoms with Crippen LogP contribution in [0.5, 0.6) is 5.75 Å². The first kappa shape index (κ1) is 17.6. The maximum Gasteiger partial charge on any atom is 0.261 e. The number of aromatic hydroxyl groups is 1. The molecule has 19 heavy (non-hydrogen) atoms. The van der Waals surface area contributed by atoms with E-state index in [4.69, 9.17) is 10.3 Å². The largest absolute Gasteiger partial charge is 0.508 e. The van der Waals surface area contributed by atoms with E-state index in [1.165, 1.54) is 11.3 Å². The number of phenolic OH excluding ortho intramolecular Hbond substituents is 1. The third kappa shape index (κ3) is 4.99. The molecule has 108 valence electrons. The van der Waals surface area contributed by atoms with Crippen molar-refractivity contribution in [3.63, 3.8) is 0 Å². The Morgan fingerprint density at radius 1 is 1.37 bits per heavy atom. The topological polar surface area (TPSA) is 145 Å². The summed E-state index contributed by atoms with van der Waals surface area (Å²) >= 11 is 1.41. The Kier molecular flexibility index (Phi) is 5.69. The number of nitrogens with two attached hydrogens (primary N) is 1. The quantitative estimate of drug-likeness (QED) is 0.616. The van der Waals surface area contributed by atoms with E-state index in [1.54, 1.807) is 6.07 Å². The number of fused-ring (bicyclic) bond motifs is 1. The molecule has 1 heterocycles. The maximum atomic E-state index is 9.55. The van der Waals surface area contributed by atoms with E-state index in [1.807, 2.05) is 13.8 Å². The van der Waals surface area contributed by atoms with Crippen molar-refractivity contribution in [1.29, 1.82) is 0 Å². The van der Waals surface area contributed by atoms with Crippen molar-refractivity contribution in [3.05, 3.63) is 17.2 Å². The van der Waals surface area contributed by atoms with Crippen LogP contribution in [0.1, 0.15) is 11.1 Å². The number of nitrogen functional groups attached to an aromatic ring is 1. The minimum absolute atomic E-state index is 0. The minimum atomic E-state index is -3.67. The number of phenols is 1. The lowest BCUT2D eigenvalue weighted by Crippen LogP contribution is -1.88. The lowest BCUT2D eigenvalue weighted by Gasteiger charge is -2.01. The van der Waals surface area contributed by atoms with Crippen LogP contribution in [-0.4, -0.2) is 34.8 Å². The first-order valence-corrected chi connectivity index (χ1v) is 7.53. The highest BCUT2D eigenvalue weighted by molar-refractivity contribution is 7.85. The predicted octanol–water partition coefficient (Wildman–Crippen LogP) is 0.880. The average molecular weight is 308 g/mol. The molecule has 0 saturated carbocycles. The zero-order valence-corrected chi connectivity index (χ0v) is 12.3. The Morgan fingerprint density at radius 3 is 2.32 bits per heavy atom. The van der Waals surface area contributed by atoms with Gasteiger partial charge in [0.15, 0.2) is 5.13 Å². The number of hydrogen-bond acceptors (Lipinski definition) is 6. The fourth-order valence-corrected chi connectivity index (χ4v) is 2.26. The molecule has 0 aliphatic carbocycles. The number of benzene rings is 1. The normalized spacial score (nSPS) is 10.5. The highest BCUT2D eigenvalue weighted by Crippen LogP contribution is 2.34. The number of aryl methyl sites for hydroxylation is 2. The van der Waals surface area contributed by atoms with Crippen LogP contribution < -0.4 is 5.73 Å². The molecule has 2 aromatic rings. The van der Waals surface area contributed by atoms with Crippen LogP contribution in [0.4, 0.5) is 5.13 Å². The third-order valence-corrected chi connectivity index (χ3v) is 3.10. The molecule has 0 radical (unpaired) electrons. The van der Waals surface area contributed by atoms with Gasteiger partial charge in [-0.2, -0.15) is 8.42 Å². The summed E-state index contributed by atoms with van der Waals surface area (Å²) in [6.07, 6.45) is 0.715. The summed E-state index contributed by atoms with van der Waals surface area (Å²) in [5, 5.41) is 10.1. The molecule has 0 aliphatic heterocycles. The van der Waals surface area contributed by atoms with E-state index in [9.17, 15) is 13.5 Å². The average Bonchev–Trinajstić information content (AvgIpc) is 2.55. The summed E-state index contributed by atoms with van der Waals surface area (Å²) in [5.41, 5.74) is 8.33. The summed E-state index contributed by atoms with van der Waals surface area (Å²) in [5.74, 6) is 0.314. The van der Waals surface area contributed by atoms with Gasteiger partial charge in [-0.25, -0.2) is 4.98 Å². The number of nitrogens with zero attached hydrogens (tertiary/aromatic N) is 1. The van der Waals surface area contributed by atoms with Crippen molar-refractivity contribution in [1.82, 2.24) is 4.98 Å². The Bertz CT molecular complexity index is 671. The number of rotatable bonds is 0. The smallest absolute Gasteiger partial charge is 0.261 e. The van der Waals surface area contributed by atoms with Gasteiger partial charge in [-0.3, -0.25) is 4.55 Å². The van der Waals surface area contributed by atoms with Crippen molar-refractivity contribution in [2.24, 2.45) is 0 Å². The molecule has 0 atom stereocenters. The summed E-state index contributed by atoms with van der Waals surface area (Å²) in [7, 11) is -3.67. The van der Waals surface area contributed by atoms with Crippen LogP contribution in [0.3, 0.4) is 0 Å². The zero-order valence-electron chi connectivity index (χ0n) is 10.6. The molecule has 0 saturated heterocycles. The van der Waals surface area contributed by atoms with Gasteiger partial charge in [-0.05, 0) is 25.5 Å². The van der Waals surface area contributed by atoms with Crippen molar-refractivity contribution in [2.75, 3.05) is 12.0 Å². The number of anilines is 1. The predicted molar refractivity (Wildman–Crippen MR) is 76.3 cm³/mol. The van der Waals surface area contributed by atoms with Crippen molar-refractivity contribution in [3.8, 4) is 5.75 Å². The highest BCUT2D eigenvalue weighted by atomic mass is 32.2. The fraction of sp³-hybridized carbons (Fsp3) is 0.300. The molecule has 6 N–H and O–H groups in total. The van der Waals surface area contributed by atoms with E-state index in [-0.39, 0.29) is 5.48 Å². The minimum Gasteiger partial charge on any atom is -0.508 e. The monoisotopic (exact) mass is 308 g/mol. The van der Waals surface area contributed by atoms with Crippen molar-refractivity contribution in [2.45, 2.75) is 13.8 Å². The van der Waals surface area contributed by atoms with E-state index in [0.717, 1.165) is 21.3 Å². The molecule has 0 fully saturated rings.